The van der Waals surface area contributed by atoms with Crippen LogP contribution < -0.4 is 14.9 Å². The quantitative estimate of drug-likeness (QED) is 0.159. The first-order valence-corrected chi connectivity index (χ1v) is 13.9. The number of halogens is 2. The molecule has 0 bridgehead atoms. The Morgan fingerprint density at radius 2 is 1.77 bits per heavy atom. The maximum atomic E-state index is 12.3. The summed E-state index contributed by atoms with van der Waals surface area (Å²) >= 11 is 12.6. The second-order valence-electron chi connectivity index (χ2n) is 9.12. The number of esters is 1. The number of fused-ring (bicyclic) bond motifs is 1. The minimum absolute atomic E-state index is 0.167. The molecule has 1 fully saturated rings. The number of benzene rings is 2. The Kier molecular flexibility index (Phi) is 10.9. The fourth-order valence-electron chi connectivity index (χ4n) is 4.19. The lowest BCUT2D eigenvalue weighted by Crippen LogP contribution is -2.22. The zero-order chi connectivity index (χ0) is 27.6. The monoisotopic (exact) mass is 578 g/mol. The number of carbonyl (C=O) groups excluding carboxylic acids is 1. The third-order valence-electron chi connectivity index (χ3n) is 6.16. The second-order valence-corrected chi connectivity index (χ2v) is 9.96. The average Bonchev–Trinajstić information content (AvgIpc) is 2.93. The largest absolute Gasteiger partial charge is 0.493 e. The van der Waals surface area contributed by atoms with Crippen molar-refractivity contribution < 1.29 is 32.9 Å². The van der Waals surface area contributed by atoms with Crippen LogP contribution in [0.3, 0.4) is 0 Å². The predicted molar refractivity (Wildman–Crippen MR) is 148 cm³/mol. The molecular formula is C29H32Cl2O8. The van der Waals surface area contributed by atoms with Gasteiger partial charge in [0.15, 0.2) is 6.29 Å². The van der Waals surface area contributed by atoms with Gasteiger partial charge in [-0.1, -0.05) is 23.2 Å². The van der Waals surface area contributed by atoms with E-state index in [1.165, 1.54) is 12.3 Å². The van der Waals surface area contributed by atoms with E-state index in [0.29, 0.717) is 58.7 Å². The predicted octanol–water partition coefficient (Wildman–Crippen LogP) is 6.95. The minimum Gasteiger partial charge on any atom is -0.493 e. The van der Waals surface area contributed by atoms with Gasteiger partial charge < -0.3 is 28.1 Å². The Labute approximate surface area is 237 Å². The topological polar surface area (TPSA) is 93.4 Å². The van der Waals surface area contributed by atoms with E-state index in [2.05, 4.69) is 0 Å². The van der Waals surface area contributed by atoms with Crippen LogP contribution in [0.5, 0.6) is 11.5 Å². The van der Waals surface area contributed by atoms with Gasteiger partial charge in [0.25, 0.3) is 0 Å². The van der Waals surface area contributed by atoms with Crippen LogP contribution in [0.25, 0.3) is 10.8 Å². The van der Waals surface area contributed by atoms with Crippen molar-refractivity contribution >= 4 is 39.9 Å². The highest BCUT2D eigenvalue weighted by molar-refractivity contribution is 6.39. The molecule has 1 aliphatic heterocycles. The minimum atomic E-state index is -0.448. The average molecular weight is 579 g/mol. The van der Waals surface area contributed by atoms with Gasteiger partial charge in [0, 0.05) is 28.5 Å². The van der Waals surface area contributed by atoms with Crippen molar-refractivity contribution in [3.8, 4) is 11.5 Å². The lowest BCUT2D eigenvalue weighted by molar-refractivity contribution is -0.171. The fraction of sp³-hybridized carbons (Fsp3) is 0.448. The molecule has 39 heavy (non-hydrogen) atoms. The van der Waals surface area contributed by atoms with E-state index in [1.54, 1.807) is 31.2 Å². The Hall–Kier alpha value is -2.78. The first-order valence-electron chi connectivity index (χ1n) is 13.1. The zero-order valence-corrected chi connectivity index (χ0v) is 23.4. The van der Waals surface area contributed by atoms with Crippen LogP contribution in [0.2, 0.25) is 10.0 Å². The van der Waals surface area contributed by atoms with Gasteiger partial charge in [-0.25, -0.2) is 4.79 Å². The Balaban J connectivity index is 1.23. The van der Waals surface area contributed by atoms with Gasteiger partial charge >= 0.3 is 5.97 Å². The van der Waals surface area contributed by atoms with Crippen molar-refractivity contribution in [1.82, 2.24) is 0 Å². The highest BCUT2D eigenvalue weighted by atomic mass is 35.5. The Bertz CT molecular complexity index is 1320. The molecule has 1 atom stereocenters. The molecule has 1 unspecified atom stereocenters. The number of ether oxygens (including phenoxy) is 5. The van der Waals surface area contributed by atoms with Crippen LogP contribution in [-0.2, 0) is 20.8 Å². The van der Waals surface area contributed by atoms with Gasteiger partial charge in [0.2, 0.25) is 11.2 Å². The van der Waals surface area contributed by atoms with E-state index in [0.717, 1.165) is 37.5 Å². The van der Waals surface area contributed by atoms with Crippen LogP contribution in [0, 0.1) is 0 Å². The molecule has 4 rings (SSSR count). The summed E-state index contributed by atoms with van der Waals surface area (Å²) in [6.45, 7) is 3.65. The molecule has 0 amide bonds. The first-order chi connectivity index (χ1) is 18.9. The van der Waals surface area contributed by atoms with Gasteiger partial charge in [-0.05, 0) is 69.7 Å². The summed E-state index contributed by atoms with van der Waals surface area (Å²) in [5.74, 6) is 0.657. The van der Waals surface area contributed by atoms with Crippen LogP contribution in [0.4, 0.5) is 0 Å². The second kappa shape index (κ2) is 14.6. The van der Waals surface area contributed by atoms with Gasteiger partial charge in [-0.3, -0.25) is 4.79 Å². The van der Waals surface area contributed by atoms with Crippen LogP contribution in [0.1, 0.15) is 61.6 Å². The van der Waals surface area contributed by atoms with Crippen molar-refractivity contribution in [2.45, 2.75) is 58.3 Å². The van der Waals surface area contributed by atoms with Crippen LogP contribution in [-0.4, -0.2) is 38.7 Å². The summed E-state index contributed by atoms with van der Waals surface area (Å²) in [6, 6.07) is 8.09. The molecular weight excluding hydrogens is 547 g/mol. The molecule has 1 saturated heterocycles. The van der Waals surface area contributed by atoms with Gasteiger partial charge in [-0.2, -0.15) is 0 Å². The van der Waals surface area contributed by atoms with Crippen LogP contribution >= 0.6 is 23.2 Å². The lowest BCUT2D eigenvalue weighted by Gasteiger charge is -2.22. The number of rotatable bonds is 13. The van der Waals surface area contributed by atoms with E-state index in [4.69, 9.17) is 51.3 Å². The molecule has 0 N–H and O–H groups in total. The third kappa shape index (κ3) is 8.35. The zero-order valence-electron chi connectivity index (χ0n) is 21.8. The van der Waals surface area contributed by atoms with E-state index < -0.39 is 5.97 Å². The number of hydrogen-bond donors (Lipinski definition) is 0. The molecule has 1 aromatic heterocycles. The summed E-state index contributed by atoms with van der Waals surface area (Å²) in [6.07, 6.45) is 6.28. The molecule has 2 aromatic carbocycles. The van der Waals surface area contributed by atoms with Crippen molar-refractivity contribution in [2.24, 2.45) is 0 Å². The standard InChI is InChI=1S/C29H32Cl2O8/c1-2-34-29(33)19-12-22-23(14-20(30)15-24(22)31)26(13-19)35-9-5-3-6-10-36-27-18-38-21(16-25(27)32)17-39-28-8-4-7-11-37-28/h12-16,18,28H,2-11,17H2,1H3. The summed E-state index contributed by atoms with van der Waals surface area (Å²) in [7, 11) is 0. The highest BCUT2D eigenvalue weighted by Gasteiger charge is 2.16. The van der Waals surface area contributed by atoms with Crippen molar-refractivity contribution in [2.75, 3.05) is 26.4 Å². The molecule has 0 aliphatic carbocycles. The normalized spacial score (nSPS) is 15.3. The van der Waals surface area contributed by atoms with E-state index in [9.17, 15) is 9.59 Å². The van der Waals surface area contributed by atoms with Crippen molar-refractivity contribution in [3.63, 3.8) is 0 Å². The summed E-state index contributed by atoms with van der Waals surface area (Å²) in [5, 5.41) is 2.28. The molecule has 2 heterocycles. The Morgan fingerprint density at radius 1 is 0.974 bits per heavy atom. The molecule has 3 aromatic rings. The maximum absolute atomic E-state index is 12.3. The smallest absolute Gasteiger partial charge is 0.338 e. The lowest BCUT2D eigenvalue weighted by atomic mass is 10.1. The molecule has 8 nitrogen and oxygen atoms in total. The van der Waals surface area contributed by atoms with Gasteiger partial charge in [0.1, 0.15) is 24.4 Å². The van der Waals surface area contributed by atoms with Crippen molar-refractivity contribution in [1.29, 1.82) is 0 Å². The fourth-order valence-corrected chi connectivity index (χ4v) is 4.73. The maximum Gasteiger partial charge on any atom is 0.338 e. The van der Waals surface area contributed by atoms with Gasteiger partial charge in [0.05, 0.1) is 30.4 Å². The first kappa shape index (κ1) is 29.2. The van der Waals surface area contributed by atoms with Gasteiger partial charge in [-0.15, -0.1) is 0 Å². The van der Waals surface area contributed by atoms with Crippen molar-refractivity contribution in [3.05, 3.63) is 68.2 Å². The number of unbranched alkanes of at least 4 members (excludes halogenated alkanes) is 2. The van der Waals surface area contributed by atoms with Crippen LogP contribution in [0.15, 0.2) is 45.8 Å². The number of carbonyl (C=O) groups is 1. The molecule has 0 saturated carbocycles. The third-order valence-corrected chi connectivity index (χ3v) is 6.69. The van der Waals surface area contributed by atoms with E-state index in [-0.39, 0.29) is 30.7 Å². The molecule has 1 aliphatic rings. The summed E-state index contributed by atoms with van der Waals surface area (Å²) in [5.41, 5.74) is 0.106. The summed E-state index contributed by atoms with van der Waals surface area (Å²) < 4.78 is 33.4. The molecule has 10 heteroatoms. The molecule has 0 spiro atoms. The highest BCUT2D eigenvalue weighted by Crippen LogP contribution is 2.35. The Morgan fingerprint density at radius 3 is 2.49 bits per heavy atom. The van der Waals surface area contributed by atoms with E-state index in [1.807, 2.05) is 0 Å². The van der Waals surface area contributed by atoms with E-state index >= 15 is 0 Å². The summed E-state index contributed by atoms with van der Waals surface area (Å²) in [4.78, 5) is 24.7. The molecule has 210 valence electrons. The molecule has 0 radical (unpaired) electrons. The SMILES string of the molecule is CCOC(=O)c1cc(OCCCCCOc2coc(COC3CCCCO3)cc2=O)c2cc(Cl)cc(Cl)c2c1. The number of hydrogen-bond acceptors (Lipinski definition) is 8.